The Morgan fingerprint density at radius 2 is 1.50 bits per heavy atom. The summed E-state index contributed by atoms with van der Waals surface area (Å²) < 4.78 is 52.3. The van der Waals surface area contributed by atoms with Gasteiger partial charge < -0.3 is 20.1 Å². The Morgan fingerprint density at radius 1 is 0.778 bits per heavy atom. The lowest BCUT2D eigenvalue weighted by molar-refractivity contribution is -0.137. The van der Waals surface area contributed by atoms with Gasteiger partial charge in [-0.2, -0.15) is 18.2 Å². The molecule has 9 heteroatoms. The molecule has 36 heavy (non-hydrogen) atoms. The average molecular weight is 503 g/mol. The molecule has 6 nitrogen and oxygen atoms in total. The molecule has 0 saturated carbocycles. The zero-order valence-corrected chi connectivity index (χ0v) is 20.7. The van der Waals surface area contributed by atoms with Crippen molar-refractivity contribution in [2.24, 2.45) is 0 Å². The minimum Gasteiger partial charge on any atom is -0.494 e. The highest BCUT2D eigenvalue weighted by atomic mass is 19.4. The molecule has 2 N–H and O–H groups in total. The van der Waals surface area contributed by atoms with Gasteiger partial charge >= 0.3 is 6.18 Å². The number of benzene rings is 2. The lowest BCUT2D eigenvalue weighted by Crippen LogP contribution is -2.12. The molecule has 0 saturated heterocycles. The van der Waals surface area contributed by atoms with Gasteiger partial charge in [0, 0.05) is 23.6 Å². The van der Waals surface area contributed by atoms with Crippen molar-refractivity contribution in [3.63, 3.8) is 0 Å². The topological polar surface area (TPSA) is 68.3 Å². The number of nitrogens with zero attached hydrogens (tertiary/aromatic N) is 2. The molecule has 0 aliphatic rings. The highest BCUT2D eigenvalue weighted by Crippen LogP contribution is 2.35. The Morgan fingerprint density at radius 3 is 2.22 bits per heavy atom. The fourth-order valence-electron chi connectivity index (χ4n) is 3.36. The summed E-state index contributed by atoms with van der Waals surface area (Å²) in [6.45, 7) is 5.40. The Hall–Kier alpha value is -3.49. The van der Waals surface area contributed by atoms with E-state index in [4.69, 9.17) is 9.47 Å². The van der Waals surface area contributed by atoms with Crippen LogP contribution in [0.2, 0.25) is 0 Å². The first-order valence-electron chi connectivity index (χ1n) is 12.3. The van der Waals surface area contributed by atoms with Gasteiger partial charge in [-0.1, -0.05) is 45.6 Å². The van der Waals surface area contributed by atoms with Crippen LogP contribution in [0.5, 0.6) is 11.5 Å². The zero-order valence-electron chi connectivity index (χ0n) is 20.7. The Labute approximate surface area is 210 Å². The molecule has 1 aromatic heterocycles. The lowest BCUT2D eigenvalue weighted by Gasteiger charge is -2.15. The second kappa shape index (κ2) is 13.6. The van der Waals surface area contributed by atoms with Gasteiger partial charge in [-0.25, -0.2) is 4.98 Å². The number of ether oxygens (including phenoxy) is 2. The van der Waals surface area contributed by atoms with Crippen molar-refractivity contribution >= 4 is 23.1 Å². The normalized spacial score (nSPS) is 11.2. The van der Waals surface area contributed by atoms with E-state index in [1.807, 2.05) is 0 Å². The van der Waals surface area contributed by atoms with Crippen LogP contribution in [0.1, 0.15) is 57.9 Å². The SMILES string of the molecule is CCCCCCOc1ccc(Nc2ncc(C(F)(F)F)c(Nc3cccc(OCCCC)c3)n2)cc1. The van der Waals surface area contributed by atoms with E-state index in [2.05, 4.69) is 34.4 Å². The van der Waals surface area contributed by atoms with Gasteiger partial charge in [0.05, 0.1) is 13.2 Å². The molecule has 2 aromatic carbocycles. The van der Waals surface area contributed by atoms with Gasteiger partial charge in [0.15, 0.2) is 0 Å². The summed E-state index contributed by atoms with van der Waals surface area (Å²) >= 11 is 0. The third-order valence-corrected chi connectivity index (χ3v) is 5.33. The highest BCUT2D eigenvalue weighted by molar-refractivity contribution is 5.64. The Kier molecular flexibility index (Phi) is 10.2. The van der Waals surface area contributed by atoms with E-state index in [1.165, 1.54) is 12.8 Å². The maximum absolute atomic E-state index is 13.6. The summed E-state index contributed by atoms with van der Waals surface area (Å²) in [5.41, 5.74) is 0.0992. The molecule has 194 valence electrons. The van der Waals surface area contributed by atoms with Crippen LogP contribution in [0.15, 0.2) is 54.7 Å². The first kappa shape index (κ1) is 27.1. The van der Waals surface area contributed by atoms with Crippen LogP contribution in [0.25, 0.3) is 0 Å². The van der Waals surface area contributed by atoms with Gasteiger partial charge in [0.1, 0.15) is 22.9 Å². The fraction of sp³-hybridized carbons (Fsp3) is 0.407. The third-order valence-electron chi connectivity index (χ3n) is 5.33. The number of hydrogen-bond donors (Lipinski definition) is 2. The number of unbranched alkanes of at least 4 members (excludes halogenated alkanes) is 4. The summed E-state index contributed by atoms with van der Waals surface area (Å²) in [7, 11) is 0. The van der Waals surface area contributed by atoms with Crippen molar-refractivity contribution in [1.82, 2.24) is 9.97 Å². The number of rotatable bonds is 14. The van der Waals surface area contributed by atoms with Crippen LogP contribution in [0, 0.1) is 0 Å². The van der Waals surface area contributed by atoms with Crippen molar-refractivity contribution in [3.8, 4) is 11.5 Å². The van der Waals surface area contributed by atoms with E-state index < -0.39 is 11.7 Å². The summed E-state index contributed by atoms with van der Waals surface area (Å²) in [5, 5.41) is 5.73. The molecule has 0 radical (unpaired) electrons. The van der Waals surface area contributed by atoms with Crippen molar-refractivity contribution in [2.45, 2.75) is 58.5 Å². The number of anilines is 4. The molecule has 3 rings (SSSR count). The fourth-order valence-corrected chi connectivity index (χ4v) is 3.36. The smallest absolute Gasteiger partial charge is 0.421 e. The van der Waals surface area contributed by atoms with Crippen LogP contribution in [-0.2, 0) is 6.18 Å². The average Bonchev–Trinajstić information content (AvgIpc) is 2.85. The molecule has 0 amide bonds. The Balaban J connectivity index is 1.70. The number of halogens is 3. The molecule has 0 bridgehead atoms. The lowest BCUT2D eigenvalue weighted by atomic mass is 10.2. The summed E-state index contributed by atoms with van der Waals surface area (Å²) in [5.74, 6) is 0.989. The summed E-state index contributed by atoms with van der Waals surface area (Å²) in [4.78, 5) is 7.98. The predicted octanol–water partition coefficient (Wildman–Crippen LogP) is 8.12. The quantitative estimate of drug-likeness (QED) is 0.217. The minimum absolute atomic E-state index is 0.0362. The van der Waals surface area contributed by atoms with Crippen LogP contribution < -0.4 is 20.1 Å². The maximum Gasteiger partial charge on any atom is 0.421 e. The van der Waals surface area contributed by atoms with Crippen LogP contribution in [-0.4, -0.2) is 23.2 Å². The predicted molar refractivity (Wildman–Crippen MR) is 137 cm³/mol. The van der Waals surface area contributed by atoms with E-state index in [-0.39, 0.29) is 11.8 Å². The first-order valence-corrected chi connectivity index (χ1v) is 12.3. The largest absolute Gasteiger partial charge is 0.494 e. The maximum atomic E-state index is 13.6. The summed E-state index contributed by atoms with van der Waals surface area (Å²) in [6, 6.07) is 13.9. The van der Waals surface area contributed by atoms with Gasteiger partial charge in [0.2, 0.25) is 5.95 Å². The second-order valence-electron chi connectivity index (χ2n) is 8.37. The standard InChI is InChI=1S/C27H33F3N4O2/c1-3-5-7-8-17-35-22-14-12-20(13-15-22)33-26-31-19-24(27(28,29)30)25(34-26)32-21-10-9-11-23(18-21)36-16-6-4-2/h9-15,18-19H,3-8,16-17H2,1-2H3,(H2,31,32,33,34). The number of nitrogens with one attached hydrogen (secondary N) is 2. The minimum atomic E-state index is -4.62. The first-order chi connectivity index (χ1) is 17.4. The van der Waals surface area contributed by atoms with Crippen molar-refractivity contribution in [3.05, 3.63) is 60.3 Å². The molecule has 0 fully saturated rings. The number of aromatic nitrogens is 2. The molecule has 0 aliphatic carbocycles. The molecular weight excluding hydrogens is 469 g/mol. The zero-order chi connectivity index (χ0) is 25.8. The molecule has 0 atom stereocenters. The second-order valence-corrected chi connectivity index (χ2v) is 8.37. The van der Waals surface area contributed by atoms with Gasteiger partial charge in [0.25, 0.3) is 0 Å². The van der Waals surface area contributed by atoms with Crippen LogP contribution >= 0.6 is 0 Å². The van der Waals surface area contributed by atoms with E-state index >= 15 is 0 Å². The monoisotopic (exact) mass is 502 g/mol. The van der Waals surface area contributed by atoms with Crippen LogP contribution in [0.3, 0.4) is 0 Å². The van der Waals surface area contributed by atoms with Gasteiger partial charge in [-0.05, 0) is 49.2 Å². The van der Waals surface area contributed by atoms with Gasteiger partial charge in [-0.3, -0.25) is 0 Å². The molecule has 0 aliphatic heterocycles. The Bertz CT molecular complexity index is 1080. The van der Waals surface area contributed by atoms with E-state index in [9.17, 15) is 13.2 Å². The van der Waals surface area contributed by atoms with Crippen LogP contribution in [0.4, 0.5) is 36.3 Å². The molecular formula is C27H33F3N4O2. The van der Waals surface area contributed by atoms with Crippen molar-refractivity contribution in [2.75, 3.05) is 23.8 Å². The van der Waals surface area contributed by atoms with E-state index in [0.717, 1.165) is 37.6 Å². The third kappa shape index (κ3) is 8.62. The molecule has 1 heterocycles. The van der Waals surface area contributed by atoms with Crippen molar-refractivity contribution in [1.29, 1.82) is 0 Å². The molecule has 0 spiro atoms. The number of alkyl halides is 3. The molecule has 0 unspecified atom stereocenters. The molecule has 3 aromatic rings. The summed E-state index contributed by atoms with van der Waals surface area (Å²) in [6.07, 6.45) is 2.52. The number of hydrogen-bond acceptors (Lipinski definition) is 6. The van der Waals surface area contributed by atoms with E-state index in [1.54, 1.807) is 48.5 Å². The van der Waals surface area contributed by atoms with Crippen molar-refractivity contribution < 1.29 is 22.6 Å². The van der Waals surface area contributed by atoms with E-state index in [0.29, 0.717) is 30.3 Å². The highest BCUT2D eigenvalue weighted by Gasteiger charge is 2.35. The van der Waals surface area contributed by atoms with Gasteiger partial charge in [-0.15, -0.1) is 0 Å².